The number of rotatable bonds is 3. The molecule has 0 unspecified atom stereocenters. The number of benzene rings is 1. The normalized spacial score (nSPS) is 10.5. The van der Waals surface area contributed by atoms with E-state index in [2.05, 4.69) is 4.98 Å². The van der Waals surface area contributed by atoms with Crippen LogP contribution in [0.2, 0.25) is 5.02 Å². The van der Waals surface area contributed by atoms with E-state index in [9.17, 15) is 4.79 Å². The number of carbonyl (C=O) groups excluding carboxylic acids is 1. The van der Waals surface area contributed by atoms with Crippen LogP contribution in [0.4, 0.5) is 0 Å². The first-order chi connectivity index (χ1) is 8.06. The summed E-state index contributed by atoms with van der Waals surface area (Å²) in [5, 5.41) is 2.50. The number of nitrogens with zero attached hydrogens (tertiary/aromatic N) is 1. The van der Waals surface area contributed by atoms with E-state index in [1.54, 1.807) is 35.2 Å². The summed E-state index contributed by atoms with van der Waals surface area (Å²) in [6.45, 7) is 3.48. The number of aryl methyl sites for hydroxylation is 1. The Balaban J connectivity index is 2.23. The Morgan fingerprint density at radius 1 is 1.47 bits per heavy atom. The molecule has 0 spiro atoms. The molecule has 1 aromatic heterocycles. The minimum Gasteiger partial charge on any atom is -0.294 e. The summed E-state index contributed by atoms with van der Waals surface area (Å²) in [5.41, 5.74) is 1.58. The molecule has 0 bridgehead atoms. The predicted molar refractivity (Wildman–Crippen MR) is 72.4 cm³/mol. The van der Waals surface area contributed by atoms with Crippen LogP contribution < -0.4 is 0 Å². The number of carbonyl (C=O) groups is 1. The molecule has 0 aliphatic carbocycles. The summed E-state index contributed by atoms with van der Waals surface area (Å²) in [6.07, 6.45) is 0. The van der Waals surface area contributed by atoms with Crippen molar-refractivity contribution in [1.29, 1.82) is 0 Å². The van der Waals surface area contributed by atoms with E-state index in [4.69, 9.17) is 11.6 Å². The molecule has 1 aromatic carbocycles. The first-order valence-electron chi connectivity index (χ1n) is 4.97. The van der Waals surface area contributed by atoms with Crippen molar-refractivity contribution in [2.75, 3.05) is 0 Å². The van der Waals surface area contributed by atoms with Gasteiger partial charge in [0.1, 0.15) is 0 Å². The Morgan fingerprint density at radius 3 is 2.76 bits per heavy atom. The van der Waals surface area contributed by atoms with E-state index < -0.39 is 0 Å². The number of aromatic nitrogens is 1. The van der Waals surface area contributed by atoms with Crippen LogP contribution in [0.1, 0.15) is 23.0 Å². The molecular weight excluding hydrogens is 274 g/mol. The maximum absolute atomic E-state index is 11.2. The first kappa shape index (κ1) is 12.6. The van der Waals surface area contributed by atoms with E-state index in [1.807, 2.05) is 18.4 Å². The predicted octanol–water partition coefficient (Wildman–Crippen LogP) is 4.46. The lowest BCUT2D eigenvalue weighted by Gasteiger charge is -2.02. The molecule has 0 fully saturated rings. The smallest absolute Gasteiger partial charge is 0.161 e. The Bertz CT molecular complexity index is 565. The van der Waals surface area contributed by atoms with Crippen molar-refractivity contribution in [2.24, 2.45) is 0 Å². The lowest BCUT2D eigenvalue weighted by Crippen LogP contribution is -1.92. The SMILES string of the molecule is CC(=O)c1ccc(Sc2nc(C)cs2)cc1Cl. The third-order valence-electron chi connectivity index (χ3n) is 2.12. The Kier molecular flexibility index (Phi) is 3.86. The fourth-order valence-corrected chi connectivity index (χ4v) is 3.55. The molecule has 1 heterocycles. The maximum atomic E-state index is 11.2. The molecule has 88 valence electrons. The van der Waals surface area contributed by atoms with Crippen molar-refractivity contribution < 1.29 is 4.79 Å². The summed E-state index contributed by atoms with van der Waals surface area (Å²) in [6, 6.07) is 5.46. The summed E-state index contributed by atoms with van der Waals surface area (Å²) in [7, 11) is 0. The van der Waals surface area contributed by atoms with Crippen LogP contribution in [0.15, 0.2) is 32.8 Å². The van der Waals surface area contributed by atoms with Gasteiger partial charge in [-0.25, -0.2) is 4.98 Å². The second kappa shape index (κ2) is 5.21. The highest BCUT2D eigenvalue weighted by molar-refractivity contribution is 8.01. The first-order valence-corrected chi connectivity index (χ1v) is 7.04. The van der Waals surface area contributed by atoms with Gasteiger partial charge in [-0.2, -0.15) is 0 Å². The van der Waals surface area contributed by atoms with Crippen molar-refractivity contribution >= 4 is 40.5 Å². The minimum atomic E-state index is -0.0170. The van der Waals surface area contributed by atoms with Crippen LogP contribution in [0.25, 0.3) is 0 Å². The second-order valence-electron chi connectivity index (χ2n) is 3.55. The fourth-order valence-electron chi connectivity index (χ4n) is 1.32. The molecule has 2 rings (SSSR count). The van der Waals surface area contributed by atoms with E-state index in [0.717, 1.165) is 14.9 Å². The zero-order valence-corrected chi connectivity index (χ0v) is 11.7. The van der Waals surface area contributed by atoms with Crippen LogP contribution in [-0.2, 0) is 0 Å². The third kappa shape index (κ3) is 3.09. The largest absolute Gasteiger partial charge is 0.294 e. The fraction of sp³-hybridized carbons (Fsp3) is 0.167. The van der Waals surface area contributed by atoms with Crippen molar-refractivity contribution in [3.8, 4) is 0 Å². The number of halogens is 1. The van der Waals surface area contributed by atoms with Gasteiger partial charge in [-0.1, -0.05) is 23.4 Å². The molecule has 17 heavy (non-hydrogen) atoms. The van der Waals surface area contributed by atoms with Crippen molar-refractivity contribution in [3.05, 3.63) is 39.9 Å². The molecule has 0 amide bonds. The van der Waals surface area contributed by atoms with Crippen LogP contribution in [0, 0.1) is 6.92 Å². The molecule has 2 nitrogen and oxygen atoms in total. The molecule has 0 radical (unpaired) electrons. The molecule has 0 N–H and O–H groups in total. The molecule has 2 aromatic rings. The van der Waals surface area contributed by atoms with Gasteiger partial charge in [0.25, 0.3) is 0 Å². The number of hydrogen-bond acceptors (Lipinski definition) is 4. The van der Waals surface area contributed by atoms with E-state index in [-0.39, 0.29) is 5.78 Å². The van der Waals surface area contributed by atoms with Gasteiger partial charge in [-0.15, -0.1) is 11.3 Å². The van der Waals surface area contributed by atoms with Gasteiger partial charge in [0.2, 0.25) is 0 Å². The Morgan fingerprint density at radius 2 is 2.24 bits per heavy atom. The van der Waals surface area contributed by atoms with Crippen LogP contribution >= 0.6 is 34.7 Å². The van der Waals surface area contributed by atoms with Crippen molar-refractivity contribution in [1.82, 2.24) is 4.98 Å². The Hall–Kier alpha value is -0.840. The summed E-state index contributed by atoms with van der Waals surface area (Å²) >= 11 is 9.20. The number of thiazole rings is 1. The van der Waals surface area contributed by atoms with Crippen molar-refractivity contribution in [2.45, 2.75) is 23.1 Å². The molecular formula is C12H10ClNOS2. The Labute approximate surface area is 113 Å². The van der Waals surface area contributed by atoms with E-state index >= 15 is 0 Å². The van der Waals surface area contributed by atoms with Gasteiger partial charge in [0.15, 0.2) is 10.1 Å². The molecule has 0 saturated carbocycles. The highest BCUT2D eigenvalue weighted by Crippen LogP contribution is 2.32. The zero-order valence-electron chi connectivity index (χ0n) is 9.36. The van der Waals surface area contributed by atoms with Gasteiger partial charge >= 0.3 is 0 Å². The van der Waals surface area contributed by atoms with Gasteiger partial charge in [-0.3, -0.25) is 4.79 Å². The topological polar surface area (TPSA) is 30.0 Å². The number of hydrogen-bond donors (Lipinski definition) is 0. The molecule has 0 aliphatic heterocycles. The second-order valence-corrected chi connectivity index (χ2v) is 6.14. The summed E-state index contributed by atoms with van der Waals surface area (Å²) < 4.78 is 0.981. The van der Waals surface area contributed by atoms with Crippen LogP contribution in [0.3, 0.4) is 0 Å². The average Bonchev–Trinajstić information content (AvgIpc) is 2.63. The highest BCUT2D eigenvalue weighted by atomic mass is 35.5. The van der Waals surface area contributed by atoms with Gasteiger partial charge < -0.3 is 0 Å². The maximum Gasteiger partial charge on any atom is 0.161 e. The lowest BCUT2D eigenvalue weighted by atomic mass is 10.1. The molecule has 0 saturated heterocycles. The molecule has 5 heteroatoms. The highest BCUT2D eigenvalue weighted by Gasteiger charge is 2.08. The van der Waals surface area contributed by atoms with Crippen LogP contribution in [-0.4, -0.2) is 10.8 Å². The minimum absolute atomic E-state index is 0.0170. The number of ketones is 1. The van der Waals surface area contributed by atoms with E-state index in [0.29, 0.717) is 10.6 Å². The van der Waals surface area contributed by atoms with Crippen molar-refractivity contribution in [3.63, 3.8) is 0 Å². The third-order valence-corrected chi connectivity index (χ3v) is 4.48. The molecule has 0 atom stereocenters. The van der Waals surface area contributed by atoms with Gasteiger partial charge in [0.05, 0.1) is 5.02 Å². The van der Waals surface area contributed by atoms with E-state index in [1.165, 1.54) is 6.92 Å². The summed E-state index contributed by atoms with van der Waals surface area (Å²) in [5.74, 6) is -0.0170. The lowest BCUT2D eigenvalue weighted by molar-refractivity contribution is 0.101. The molecule has 0 aliphatic rings. The standard InChI is InChI=1S/C12H10ClNOS2/c1-7-6-16-12(14-7)17-9-3-4-10(8(2)15)11(13)5-9/h3-6H,1-2H3. The monoisotopic (exact) mass is 283 g/mol. The summed E-state index contributed by atoms with van der Waals surface area (Å²) in [4.78, 5) is 16.6. The van der Waals surface area contributed by atoms with Gasteiger partial charge in [0, 0.05) is 21.5 Å². The van der Waals surface area contributed by atoms with Crippen LogP contribution in [0.5, 0.6) is 0 Å². The average molecular weight is 284 g/mol. The zero-order chi connectivity index (χ0) is 12.4. The van der Waals surface area contributed by atoms with Gasteiger partial charge in [-0.05, 0) is 32.0 Å². The quantitative estimate of drug-likeness (QED) is 0.779. The number of Topliss-reactive ketones (excluding diaryl/α,β-unsaturated/α-hetero) is 1.